The number of methoxy groups -OCH3 is 1. The third-order valence-corrected chi connectivity index (χ3v) is 5.17. The Bertz CT molecular complexity index is 883. The minimum atomic E-state index is 0.244. The van der Waals surface area contributed by atoms with Gasteiger partial charge in [-0.1, -0.05) is 18.2 Å². The Labute approximate surface area is 160 Å². The quantitative estimate of drug-likeness (QED) is 0.703. The molecule has 3 heterocycles. The standard InChI is InChI=1S/C21H27N5O/c1-16(17-6-8-19(27-2)9-7-17)23-14-18-15-26-20(24-18)4-3-5-21(26)25-12-10-22-11-13-25/h3-9,15-16,22-23H,10-14H2,1-2H3/t16-/m0/s1. The molecular formula is C21H27N5O. The highest BCUT2D eigenvalue weighted by Gasteiger charge is 2.14. The highest BCUT2D eigenvalue weighted by atomic mass is 16.5. The number of hydrogen-bond donors (Lipinski definition) is 2. The third-order valence-electron chi connectivity index (χ3n) is 5.17. The Morgan fingerprint density at radius 2 is 1.93 bits per heavy atom. The second-order valence-electron chi connectivity index (χ2n) is 6.96. The summed E-state index contributed by atoms with van der Waals surface area (Å²) in [5, 5.41) is 6.98. The molecule has 1 fully saturated rings. The lowest BCUT2D eigenvalue weighted by molar-refractivity contribution is 0.414. The van der Waals surface area contributed by atoms with Crippen LogP contribution in [0.25, 0.3) is 5.65 Å². The van der Waals surface area contributed by atoms with Crippen molar-refractivity contribution in [1.29, 1.82) is 0 Å². The van der Waals surface area contributed by atoms with Crippen LogP contribution in [0.2, 0.25) is 0 Å². The van der Waals surface area contributed by atoms with Gasteiger partial charge in [-0.2, -0.15) is 0 Å². The van der Waals surface area contributed by atoms with Crippen LogP contribution in [0.1, 0.15) is 24.2 Å². The molecule has 6 nitrogen and oxygen atoms in total. The number of hydrogen-bond acceptors (Lipinski definition) is 5. The third kappa shape index (κ3) is 3.91. The Hall–Kier alpha value is -2.57. The number of pyridine rings is 1. The predicted molar refractivity (Wildman–Crippen MR) is 109 cm³/mol. The summed E-state index contributed by atoms with van der Waals surface area (Å²) in [6, 6.07) is 14.8. The maximum absolute atomic E-state index is 5.23. The van der Waals surface area contributed by atoms with Crippen molar-refractivity contribution in [3.05, 3.63) is 59.9 Å². The van der Waals surface area contributed by atoms with E-state index in [0.29, 0.717) is 0 Å². The van der Waals surface area contributed by atoms with Gasteiger partial charge in [0.05, 0.1) is 12.8 Å². The highest BCUT2D eigenvalue weighted by Crippen LogP contribution is 2.20. The lowest BCUT2D eigenvalue weighted by Gasteiger charge is -2.29. The van der Waals surface area contributed by atoms with Crippen LogP contribution in [-0.2, 0) is 6.54 Å². The van der Waals surface area contributed by atoms with Crippen molar-refractivity contribution in [3.8, 4) is 5.75 Å². The average molecular weight is 365 g/mol. The van der Waals surface area contributed by atoms with Gasteiger partial charge in [-0.3, -0.25) is 4.40 Å². The molecule has 2 N–H and O–H groups in total. The van der Waals surface area contributed by atoms with Crippen LogP contribution >= 0.6 is 0 Å². The number of fused-ring (bicyclic) bond motifs is 1. The van der Waals surface area contributed by atoms with Gasteiger partial charge in [-0.15, -0.1) is 0 Å². The van der Waals surface area contributed by atoms with Crippen LogP contribution in [0, 0.1) is 0 Å². The molecule has 142 valence electrons. The monoisotopic (exact) mass is 365 g/mol. The van der Waals surface area contributed by atoms with Crippen molar-refractivity contribution in [2.45, 2.75) is 19.5 Å². The van der Waals surface area contributed by atoms with Gasteiger partial charge in [0.15, 0.2) is 0 Å². The highest BCUT2D eigenvalue weighted by molar-refractivity contribution is 5.52. The molecular weight excluding hydrogens is 338 g/mol. The fourth-order valence-corrected chi connectivity index (χ4v) is 3.55. The lowest BCUT2D eigenvalue weighted by atomic mass is 10.1. The minimum Gasteiger partial charge on any atom is -0.497 e. The van der Waals surface area contributed by atoms with Gasteiger partial charge >= 0.3 is 0 Å². The molecule has 0 aliphatic carbocycles. The Morgan fingerprint density at radius 3 is 2.67 bits per heavy atom. The number of ether oxygens (including phenoxy) is 1. The summed E-state index contributed by atoms with van der Waals surface area (Å²) in [5.74, 6) is 2.10. The Morgan fingerprint density at radius 1 is 1.15 bits per heavy atom. The van der Waals surface area contributed by atoms with Crippen molar-refractivity contribution in [2.24, 2.45) is 0 Å². The largest absolute Gasteiger partial charge is 0.497 e. The summed E-state index contributed by atoms with van der Waals surface area (Å²) in [5.41, 5.74) is 3.29. The van der Waals surface area contributed by atoms with Gasteiger partial charge < -0.3 is 20.3 Å². The van der Waals surface area contributed by atoms with E-state index in [1.54, 1.807) is 7.11 Å². The van der Waals surface area contributed by atoms with E-state index >= 15 is 0 Å². The molecule has 3 aromatic rings. The number of piperazine rings is 1. The van der Waals surface area contributed by atoms with Gasteiger partial charge in [0.2, 0.25) is 0 Å². The van der Waals surface area contributed by atoms with E-state index in [4.69, 9.17) is 9.72 Å². The summed E-state index contributed by atoms with van der Waals surface area (Å²) >= 11 is 0. The van der Waals surface area contributed by atoms with E-state index in [9.17, 15) is 0 Å². The number of nitrogens with one attached hydrogen (secondary N) is 2. The summed E-state index contributed by atoms with van der Waals surface area (Å²) in [6.45, 7) is 7.01. The molecule has 1 atom stereocenters. The fourth-order valence-electron chi connectivity index (χ4n) is 3.55. The van der Waals surface area contributed by atoms with E-state index in [1.807, 2.05) is 12.1 Å². The molecule has 27 heavy (non-hydrogen) atoms. The molecule has 4 rings (SSSR count). The summed E-state index contributed by atoms with van der Waals surface area (Å²) in [4.78, 5) is 7.22. The first-order chi connectivity index (χ1) is 13.2. The summed E-state index contributed by atoms with van der Waals surface area (Å²) in [7, 11) is 1.69. The van der Waals surface area contributed by atoms with Gasteiger partial charge in [0.25, 0.3) is 0 Å². The number of benzene rings is 1. The van der Waals surface area contributed by atoms with Crippen LogP contribution in [0.5, 0.6) is 5.75 Å². The van der Waals surface area contributed by atoms with Gasteiger partial charge in [0, 0.05) is 45.0 Å². The summed E-state index contributed by atoms with van der Waals surface area (Å²) in [6.07, 6.45) is 2.15. The van der Waals surface area contributed by atoms with E-state index in [0.717, 1.165) is 49.8 Å². The molecule has 1 saturated heterocycles. The second kappa shape index (κ2) is 7.98. The van der Waals surface area contributed by atoms with Crippen molar-refractivity contribution >= 4 is 11.5 Å². The Balaban J connectivity index is 1.47. The zero-order valence-corrected chi connectivity index (χ0v) is 16.0. The molecule has 6 heteroatoms. The zero-order chi connectivity index (χ0) is 18.6. The van der Waals surface area contributed by atoms with Crippen molar-refractivity contribution in [3.63, 3.8) is 0 Å². The summed E-state index contributed by atoms with van der Waals surface area (Å²) < 4.78 is 7.44. The van der Waals surface area contributed by atoms with Crippen LogP contribution in [-0.4, -0.2) is 42.7 Å². The normalized spacial score (nSPS) is 15.9. The number of anilines is 1. The lowest BCUT2D eigenvalue weighted by Crippen LogP contribution is -2.44. The van der Waals surface area contributed by atoms with Crippen molar-refractivity contribution < 1.29 is 4.74 Å². The first-order valence-corrected chi connectivity index (χ1v) is 9.54. The molecule has 0 radical (unpaired) electrons. The van der Waals surface area contributed by atoms with Crippen molar-refractivity contribution in [1.82, 2.24) is 20.0 Å². The molecule has 1 aliphatic rings. The first kappa shape index (κ1) is 17.8. The molecule has 0 spiro atoms. The topological polar surface area (TPSA) is 53.8 Å². The number of aromatic nitrogens is 2. The van der Waals surface area contributed by atoms with E-state index < -0.39 is 0 Å². The number of nitrogens with zero attached hydrogens (tertiary/aromatic N) is 3. The maximum Gasteiger partial charge on any atom is 0.138 e. The molecule has 0 unspecified atom stereocenters. The van der Waals surface area contributed by atoms with E-state index in [-0.39, 0.29) is 6.04 Å². The number of imidazole rings is 1. The van der Waals surface area contributed by atoms with Crippen LogP contribution in [0.4, 0.5) is 5.82 Å². The van der Waals surface area contributed by atoms with Gasteiger partial charge in [0.1, 0.15) is 17.2 Å². The maximum atomic E-state index is 5.23. The van der Waals surface area contributed by atoms with Gasteiger partial charge in [-0.05, 0) is 36.8 Å². The average Bonchev–Trinajstić information content (AvgIpc) is 3.16. The van der Waals surface area contributed by atoms with Crippen LogP contribution in [0.3, 0.4) is 0 Å². The molecule has 0 saturated carbocycles. The van der Waals surface area contributed by atoms with E-state index in [2.05, 4.69) is 63.4 Å². The van der Waals surface area contributed by atoms with Crippen LogP contribution in [0.15, 0.2) is 48.7 Å². The SMILES string of the molecule is COc1ccc([C@H](C)NCc2cn3c(N4CCNCC4)cccc3n2)cc1. The molecule has 1 aliphatic heterocycles. The van der Waals surface area contributed by atoms with Crippen LogP contribution < -0.4 is 20.3 Å². The van der Waals surface area contributed by atoms with E-state index in [1.165, 1.54) is 11.4 Å². The van der Waals surface area contributed by atoms with Gasteiger partial charge in [-0.25, -0.2) is 4.98 Å². The minimum absolute atomic E-state index is 0.244. The number of rotatable bonds is 6. The predicted octanol–water partition coefficient (Wildman–Crippen LogP) is 2.60. The molecule has 2 aromatic heterocycles. The van der Waals surface area contributed by atoms with Crippen molar-refractivity contribution in [2.75, 3.05) is 38.2 Å². The molecule has 0 bridgehead atoms. The Kier molecular flexibility index (Phi) is 5.27. The first-order valence-electron chi connectivity index (χ1n) is 9.54. The zero-order valence-electron chi connectivity index (χ0n) is 16.0. The fraction of sp³-hybridized carbons (Fsp3) is 0.381. The smallest absolute Gasteiger partial charge is 0.138 e. The molecule has 0 amide bonds. The second-order valence-corrected chi connectivity index (χ2v) is 6.96. The molecule has 1 aromatic carbocycles.